The van der Waals surface area contributed by atoms with E-state index >= 15 is 0 Å². The molecule has 1 fully saturated rings. The number of hydrogen-bond acceptors (Lipinski definition) is 4. The van der Waals surface area contributed by atoms with Crippen molar-refractivity contribution in [2.75, 3.05) is 31.6 Å². The highest BCUT2D eigenvalue weighted by Gasteiger charge is 2.25. The van der Waals surface area contributed by atoms with E-state index < -0.39 is 0 Å². The van der Waals surface area contributed by atoms with Gasteiger partial charge in [-0.25, -0.2) is 4.98 Å². The minimum absolute atomic E-state index is 0.621. The number of nitriles is 1. The van der Waals surface area contributed by atoms with Crippen LogP contribution in [-0.4, -0.2) is 42.6 Å². The minimum Gasteiger partial charge on any atom is -0.355 e. The Morgan fingerprint density at radius 1 is 1.59 bits per heavy atom. The van der Waals surface area contributed by atoms with E-state index in [1.807, 2.05) is 12.1 Å². The van der Waals surface area contributed by atoms with Gasteiger partial charge in [-0.2, -0.15) is 5.26 Å². The standard InChI is InChI=1S/C13H18N4/c1-3-16(2)12-6-7-17(10-12)13-5-4-11(8-14)9-15-13/h4-5,9,12H,3,6-7,10H2,1-2H3. The van der Waals surface area contributed by atoms with E-state index in [0.29, 0.717) is 11.6 Å². The fraction of sp³-hybridized carbons (Fsp3) is 0.538. The van der Waals surface area contributed by atoms with Gasteiger partial charge in [-0.3, -0.25) is 0 Å². The fourth-order valence-electron chi connectivity index (χ4n) is 2.21. The van der Waals surface area contributed by atoms with Crippen molar-refractivity contribution in [3.8, 4) is 6.07 Å². The van der Waals surface area contributed by atoms with Crippen LogP contribution in [0.2, 0.25) is 0 Å². The fourth-order valence-corrected chi connectivity index (χ4v) is 2.21. The largest absolute Gasteiger partial charge is 0.355 e. The summed E-state index contributed by atoms with van der Waals surface area (Å²) >= 11 is 0. The average molecular weight is 230 g/mol. The molecule has 0 spiro atoms. The molecule has 1 unspecified atom stereocenters. The Balaban J connectivity index is 2.02. The molecule has 1 aromatic rings. The molecule has 1 atom stereocenters. The lowest BCUT2D eigenvalue weighted by Gasteiger charge is -2.23. The molecule has 0 aromatic carbocycles. The number of aromatic nitrogens is 1. The highest BCUT2D eigenvalue weighted by molar-refractivity contribution is 5.43. The van der Waals surface area contributed by atoms with E-state index in [4.69, 9.17) is 5.26 Å². The molecule has 0 amide bonds. The smallest absolute Gasteiger partial charge is 0.128 e. The number of anilines is 1. The van der Waals surface area contributed by atoms with Crippen LogP contribution >= 0.6 is 0 Å². The molecule has 0 saturated carbocycles. The van der Waals surface area contributed by atoms with Gasteiger partial charge in [0.25, 0.3) is 0 Å². The van der Waals surface area contributed by atoms with Crippen LogP contribution in [0.15, 0.2) is 18.3 Å². The van der Waals surface area contributed by atoms with Crippen LogP contribution in [0.25, 0.3) is 0 Å². The molecule has 0 aliphatic carbocycles. The number of rotatable bonds is 3. The summed E-state index contributed by atoms with van der Waals surface area (Å²) in [7, 11) is 2.17. The molecule has 4 nitrogen and oxygen atoms in total. The van der Waals surface area contributed by atoms with Crippen molar-refractivity contribution in [2.24, 2.45) is 0 Å². The first-order valence-corrected chi connectivity index (χ1v) is 6.06. The van der Waals surface area contributed by atoms with Gasteiger partial charge in [0.1, 0.15) is 11.9 Å². The van der Waals surface area contributed by atoms with Gasteiger partial charge in [-0.15, -0.1) is 0 Å². The van der Waals surface area contributed by atoms with Crippen molar-refractivity contribution in [1.82, 2.24) is 9.88 Å². The second kappa shape index (κ2) is 5.15. The first-order valence-electron chi connectivity index (χ1n) is 6.06. The highest BCUT2D eigenvalue weighted by Crippen LogP contribution is 2.20. The first kappa shape index (κ1) is 11.9. The summed E-state index contributed by atoms with van der Waals surface area (Å²) in [4.78, 5) is 9.00. The number of likely N-dealkylation sites (N-methyl/N-ethyl adjacent to an activating group) is 1. The van der Waals surface area contributed by atoms with Gasteiger partial charge in [0.05, 0.1) is 5.56 Å². The molecule has 2 rings (SSSR count). The molecular formula is C13H18N4. The molecule has 1 saturated heterocycles. The van der Waals surface area contributed by atoms with Crippen LogP contribution in [0.3, 0.4) is 0 Å². The predicted molar refractivity (Wildman–Crippen MR) is 67.9 cm³/mol. The Kier molecular flexibility index (Phi) is 3.60. The van der Waals surface area contributed by atoms with Gasteiger partial charge in [-0.1, -0.05) is 6.92 Å². The Labute approximate surface area is 102 Å². The Morgan fingerprint density at radius 3 is 3.00 bits per heavy atom. The van der Waals surface area contributed by atoms with Crippen LogP contribution in [0, 0.1) is 11.3 Å². The lowest BCUT2D eigenvalue weighted by molar-refractivity contribution is 0.272. The summed E-state index contributed by atoms with van der Waals surface area (Å²) < 4.78 is 0. The quantitative estimate of drug-likeness (QED) is 0.789. The van der Waals surface area contributed by atoms with Crippen molar-refractivity contribution >= 4 is 5.82 Å². The van der Waals surface area contributed by atoms with Crippen LogP contribution in [0.4, 0.5) is 5.82 Å². The SMILES string of the molecule is CCN(C)C1CCN(c2ccc(C#N)cn2)C1. The predicted octanol–water partition coefficient (Wildman–Crippen LogP) is 1.48. The van der Waals surface area contributed by atoms with Gasteiger partial charge in [0.15, 0.2) is 0 Å². The highest BCUT2D eigenvalue weighted by atomic mass is 15.3. The zero-order valence-electron chi connectivity index (χ0n) is 10.4. The Morgan fingerprint density at radius 2 is 2.41 bits per heavy atom. The van der Waals surface area contributed by atoms with E-state index in [1.165, 1.54) is 6.42 Å². The monoisotopic (exact) mass is 230 g/mol. The topological polar surface area (TPSA) is 43.2 Å². The Hall–Kier alpha value is -1.60. The molecule has 0 radical (unpaired) electrons. The molecule has 90 valence electrons. The summed E-state index contributed by atoms with van der Waals surface area (Å²) in [5.41, 5.74) is 0.621. The number of hydrogen-bond donors (Lipinski definition) is 0. The molecule has 0 N–H and O–H groups in total. The number of pyridine rings is 1. The van der Waals surface area contributed by atoms with E-state index in [2.05, 4.69) is 34.8 Å². The molecule has 0 bridgehead atoms. The van der Waals surface area contributed by atoms with Gasteiger partial charge < -0.3 is 9.80 Å². The van der Waals surface area contributed by atoms with E-state index in [9.17, 15) is 0 Å². The van der Waals surface area contributed by atoms with E-state index in [-0.39, 0.29) is 0 Å². The van der Waals surface area contributed by atoms with Crippen molar-refractivity contribution in [3.63, 3.8) is 0 Å². The zero-order chi connectivity index (χ0) is 12.3. The third kappa shape index (κ3) is 2.56. The van der Waals surface area contributed by atoms with E-state index in [0.717, 1.165) is 25.5 Å². The summed E-state index contributed by atoms with van der Waals surface area (Å²) in [5.74, 6) is 0.982. The molecule has 4 heteroatoms. The second-order valence-electron chi connectivity index (χ2n) is 4.48. The molecule has 1 aliphatic heterocycles. The first-order chi connectivity index (χ1) is 8.24. The van der Waals surface area contributed by atoms with E-state index in [1.54, 1.807) is 6.20 Å². The summed E-state index contributed by atoms with van der Waals surface area (Å²) in [6.45, 7) is 5.35. The maximum absolute atomic E-state index is 8.73. The lowest BCUT2D eigenvalue weighted by atomic mass is 10.2. The zero-order valence-corrected chi connectivity index (χ0v) is 10.4. The third-order valence-electron chi connectivity index (χ3n) is 3.49. The van der Waals surface area contributed by atoms with Gasteiger partial charge in [-0.05, 0) is 32.1 Å². The van der Waals surface area contributed by atoms with Crippen molar-refractivity contribution in [1.29, 1.82) is 5.26 Å². The second-order valence-corrected chi connectivity index (χ2v) is 4.48. The summed E-state index contributed by atoms with van der Waals surface area (Å²) in [5, 5.41) is 8.73. The van der Waals surface area contributed by atoms with Crippen LogP contribution in [0.1, 0.15) is 18.9 Å². The van der Waals surface area contributed by atoms with Crippen LogP contribution < -0.4 is 4.90 Å². The normalized spacial score (nSPS) is 19.6. The third-order valence-corrected chi connectivity index (χ3v) is 3.49. The molecule has 2 heterocycles. The average Bonchev–Trinajstić information content (AvgIpc) is 2.87. The molecule has 17 heavy (non-hydrogen) atoms. The van der Waals surface area contributed by atoms with Gasteiger partial charge in [0, 0.05) is 25.3 Å². The van der Waals surface area contributed by atoms with Crippen LogP contribution in [-0.2, 0) is 0 Å². The number of nitrogens with zero attached hydrogens (tertiary/aromatic N) is 4. The minimum atomic E-state index is 0.621. The van der Waals surface area contributed by atoms with Crippen molar-refractivity contribution < 1.29 is 0 Å². The van der Waals surface area contributed by atoms with Gasteiger partial charge in [0.2, 0.25) is 0 Å². The molecule has 1 aliphatic rings. The van der Waals surface area contributed by atoms with Gasteiger partial charge >= 0.3 is 0 Å². The lowest BCUT2D eigenvalue weighted by Crippen LogP contribution is -2.34. The molecular weight excluding hydrogens is 212 g/mol. The Bertz CT molecular complexity index is 406. The molecule has 1 aromatic heterocycles. The summed E-state index contributed by atoms with van der Waals surface area (Å²) in [6.07, 6.45) is 2.83. The van der Waals surface area contributed by atoms with Crippen LogP contribution in [0.5, 0.6) is 0 Å². The van der Waals surface area contributed by atoms with Crippen molar-refractivity contribution in [2.45, 2.75) is 19.4 Å². The maximum Gasteiger partial charge on any atom is 0.128 e. The van der Waals surface area contributed by atoms with Crippen molar-refractivity contribution in [3.05, 3.63) is 23.9 Å². The maximum atomic E-state index is 8.73. The summed E-state index contributed by atoms with van der Waals surface area (Å²) in [6, 6.07) is 6.48.